The summed E-state index contributed by atoms with van der Waals surface area (Å²) < 4.78 is 0. The zero-order valence-corrected chi connectivity index (χ0v) is 4.41. The van der Waals surface area contributed by atoms with E-state index in [1.54, 1.807) is 6.92 Å². The van der Waals surface area contributed by atoms with E-state index in [4.69, 9.17) is 0 Å². The Morgan fingerprint density at radius 2 is 1.33 bits per heavy atom. The first kappa shape index (κ1) is 5.54. The average molecular weight is 85.1 g/mol. The summed E-state index contributed by atoms with van der Waals surface area (Å²) >= 11 is 0. The maximum atomic E-state index is 10.1. The molecule has 0 spiro atoms. The van der Waals surface area contributed by atoms with Crippen LogP contribution in [-0.2, 0) is 5.11 Å². The molecule has 0 aliphatic heterocycles. The van der Waals surface area contributed by atoms with Gasteiger partial charge >= 0.3 is 0 Å². The van der Waals surface area contributed by atoms with Gasteiger partial charge in [-0.15, -0.1) is 0 Å². The van der Waals surface area contributed by atoms with Crippen molar-refractivity contribution in [2.75, 3.05) is 0 Å². The molecule has 0 saturated carbocycles. The molecule has 1 nitrogen and oxygen atoms in total. The van der Waals surface area contributed by atoms with Gasteiger partial charge in [-0.25, -0.2) is 0 Å². The highest BCUT2D eigenvalue weighted by Gasteiger charge is 1.82. The van der Waals surface area contributed by atoms with Gasteiger partial charge < -0.3 is 0 Å². The predicted octanol–water partition coefficient (Wildman–Crippen LogP) is 1.73. The molecule has 0 fully saturated rings. The fraction of sp³-hybridized carbons (Fsp3) is 0.600. The molecule has 0 bridgehead atoms. The second-order valence-corrected chi connectivity index (χ2v) is 1.56. The summed E-state index contributed by atoms with van der Waals surface area (Å²) in [6.45, 7) is 5.18. The van der Waals surface area contributed by atoms with Gasteiger partial charge in [0.1, 0.15) is 0 Å². The molecule has 0 saturated heterocycles. The molecular weight excluding hydrogens is 76.1 g/mol. The minimum Gasteiger partial charge on any atom is -0.295 e. The standard InChI is InChI=1S/C5H9O/c1-4(2)5(3)6/h1-3H3. The summed E-state index contributed by atoms with van der Waals surface area (Å²) in [5.41, 5.74) is 0.870. The smallest absolute Gasteiger partial charge is 0.151 e. The zero-order chi connectivity index (χ0) is 5.15. The summed E-state index contributed by atoms with van der Waals surface area (Å²) in [5.74, 6) is 0.176. The second kappa shape index (κ2) is 1.85. The SMILES string of the molecule is CC(C)=C(C)[O]. The molecule has 0 N–H and O–H groups in total. The Labute approximate surface area is 38.3 Å². The van der Waals surface area contributed by atoms with Gasteiger partial charge in [0, 0.05) is 0 Å². The Balaban J connectivity index is 3.68. The van der Waals surface area contributed by atoms with Crippen LogP contribution in [0.15, 0.2) is 11.3 Å². The molecule has 0 amide bonds. The summed E-state index contributed by atoms with van der Waals surface area (Å²) in [4.78, 5) is 0. The van der Waals surface area contributed by atoms with Crippen LogP contribution in [0.5, 0.6) is 0 Å². The van der Waals surface area contributed by atoms with Gasteiger partial charge in [0.2, 0.25) is 0 Å². The van der Waals surface area contributed by atoms with Crippen molar-refractivity contribution in [3.05, 3.63) is 11.3 Å². The highest BCUT2D eigenvalue weighted by atomic mass is 16.3. The van der Waals surface area contributed by atoms with Crippen molar-refractivity contribution in [3.8, 4) is 0 Å². The molecular formula is C5H9O. The first-order chi connectivity index (χ1) is 2.64. The van der Waals surface area contributed by atoms with Gasteiger partial charge in [0.05, 0.1) is 0 Å². The minimum atomic E-state index is 0.176. The van der Waals surface area contributed by atoms with Crippen LogP contribution < -0.4 is 0 Å². The lowest BCUT2D eigenvalue weighted by atomic mass is 10.3. The summed E-state index contributed by atoms with van der Waals surface area (Å²) in [7, 11) is 0. The van der Waals surface area contributed by atoms with E-state index in [0.29, 0.717) is 0 Å². The van der Waals surface area contributed by atoms with Crippen LogP contribution in [0.3, 0.4) is 0 Å². The van der Waals surface area contributed by atoms with Crippen molar-refractivity contribution < 1.29 is 5.11 Å². The van der Waals surface area contributed by atoms with Crippen LogP contribution in [0, 0.1) is 0 Å². The van der Waals surface area contributed by atoms with Crippen molar-refractivity contribution in [1.29, 1.82) is 0 Å². The van der Waals surface area contributed by atoms with E-state index in [9.17, 15) is 5.11 Å². The fourth-order valence-electron chi connectivity index (χ4n) is 0. The van der Waals surface area contributed by atoms with Gasteiger partial charge in [0.25, 0.3) is 0 Å². The topological polar surface area (TPSA) is 19.9 Å². The molecule has 0 aliphatic rings. The van der Waals surface area contributed by atoms with E-state index in [1.807, 2.05) is 13.8 Å². The van der Waals surface area contributed by atoms with Crippen LogP contribution in [0.25, 0.3) is 0 Å². The molecule has 0 atom stereocenters. The van der Waals surface area contributed by atoms with Crippen LogP contribution in [0.2, 0.25) is 0 Å². The Bertz CT molecular complexity index is 54.0. The first-order valence-corrected chi connectivity index (χ1v) is 1.95. The molecule has 0 heterocycles. The van der Waals surface area contributed by atoms with Gasteiger partial charge in [-0.1, -0.05) is 0 Å². The fourth-order valence-corrected chi connectivity index (χ4v) is 0. The van der Waals surface area contributed by atoms with Crippen molar-refractivity contribution in [1.82, 2.24) is 0 Å². The lowest BCUT2D eigenvalue weighted by Crippen LogP contribution is -1.69. The molecule has 0 aliphatic carbocycles. The Hall–Kier alpha value is -0.460. The maximum absolute atomic E-state index is 10.1. The van der Waals surface area contributed by atoms with E-state index < -0.39 is 0 Å². The largest absolute Gasteiger partial charge is 0.295 e. The van der Waals surface area contributed by atoms with Crippen molar-refractivity contribution in [2.45, 2.75) is 20.8 Å². The van der Waals surface area contributed by atoms with Crippen molar-refractivity contribution in [3.63, 3.8) is 0 Å². The Kier molecular flexibility index (Phi) is 1.71. The third-order valence-electron chi connectivity index (χ3n) is 0.704. The normalized spacial score (nSPS) is 7.83. The lowest BCUT2D eigenvalue weighted by molar-refractivity contribution is 0.295. The summed E-state index contributed by atoms with van der Waals surface area (Å²) in [6, 6.07) is 0. The van der Waals surface area contributed by atoms with Crippen molar-refractivity contribution in [2.24, 2.45) is 0 Å². The van der Waals surface area contributed by atoms with Gasteiger partial charge in [-0.05, 0) is 26.3 Å². The van der Waals surface area contributed by atoms with Crippen LogP contribution in [-0.4, -0.2) is 0 Å². The van der Waals surface area contributed by atoms with E-state index in [-0.39, 0.29) is 5.76 Å². The minimum absolute atomic E-state index is 0.176. The molecule has 1 radical (unpaired) electrons. The summed E-state index contributed by atoms with van der Waals surface area (Å²) in [5, 5.41) is 10.1. The zero-order valence-electron chi connectivity index (χ0n) is 4.41. The van der Waals surface area contributed by atoms with E-state index in [0.717, 1.165) is 5.57 Å². The van der Waals surface area contributed by atoms with Gasteiger partial charge in [-0.3, -0.25) is 5.11 Å². The number of allylic oxidation sites excluding steroid dienone is 2. The molecule has 0 unspecified atom stereocenters. The Morgan fingerprint density at radius 3 is 1.33 bits per heavy atom. The average Bonchev–Trinajstić information content (AvgIpc) is 1.36. The molecule has 1 heteroatoms. The molecule has 0 rings (SSSR count). The van der Waals surface area contributed by atoms with Crippen LogP contribution in [0.4, 0.5) is 0 Å². The molecule has 0 aromatic carbocycles. The molecule has 0 aromatic heterocycles. The van der Waals surface area contributed by atoms with Crippen molar-refractivity contribution >= 4 is 0 Å². The lowest BCUT2D eigenvalue weighted by Gasteiger charge is -1.82. The second-order valence-electron chi connectivity index (χ2n) is 1.56. The van der Waals surface area contributed by atoms with Crippen LogP contribution in [0.1, 0.15) is 20.8 Å². The first-order valence-electron chi connectivity index (χ1n) is 1.95. The quantitative estimate of drug-likeness (QED) is 0.399. The monoisotopic (exact) mass is 85.1 g/mol. The third-order valence-corrected chi connectivity index (χ3v) is 0.704. The maximum Gasteiger partial charge on any atom is 0.151 e. The molecule has 0 aromatic rings. The molecule has 6 heavy (non-hydrogen) atoms. The van der Waals surface area contributed by atoms with Gasteiger partial charge in [0.15, 0.2) is 5.76 Å². The van der Waals surface area contributed by atoms with E-state index >= 15 is 0 Å². The number of hydrogen-bond acceptors (Lipinski definition) is 0. The molecule has 35 valence electrons. The number of rotatable bonds is 0. The predicted molar refractivity (Wildman–Crippen MR) is 24.7 cm³/mol. The van der Waals surface area contributed by atoms with Gasteiger partial charge in [-0.2, -0.15) is 0 Å². The third kappa shape index (κ3) is 1.82. The highest BCUT2D eigenvalue weighted by Crippen LogP contribution is 1.94. The van der Waals surface area contributed by atoms with Crippen LogP contribution >= 0.6 is 0 Å². The van der Waals surface area contributed by atoms with E-state index in [1.165, 1.54) is 0 Å². The number of hydrogen-bond donors (Lipinski definition) is 0. The Morgan fingerprint density at radius 1 is 1.17 bits per heavy atom. The summed E-state index contributed by atoms with van der Waals surface area (Å²) in [6.07, 6.45) is 0. The van der Waals surface area contributed by atoms with E-state index in [2.05, 4.69) is 0 Å². The highest BCUT2D eigenvalue weighted by molar-refractivity contribution is 4.96.